The van der Waals surface area contributed by atoms with Gasteiger partial charge in [0, 0.05) is 17.8 Å². The largest absolute Gasteiger partial charge is 0.493 e. The quantitative estimate of drug-likeness (QED) is 0.209. The number of benzene rings is 3. The fraction of sp³-hybridized carbons (Fsp3) is 0.120. The Labute approximate surface area is 212 Å². The van der Waals surface area contributed by atoms with Gasteiger partial charge >= 0.3 is 6.18 Å². The zero-order valence-electron chi connectivity index (χ0n) is 19.1. The number of anilines is 1. The number of amides is 1. The third kappa shape index (κ3) is 6.41. The van der Waals surface area contributed by atoms with E-state index in [0.717, 1.165) is 17.7 Å². The third-order valence-corrected chi connectivity index (χ3v) is 6.02. The van der Waals surface area contributed by atoms with Crippen LogP contribution >= 0.6 is 11.3 Å². The molecule has 0 atom stereocenters. The molecule has 12 heteroatoms. The summed E-state index contributed by atoms with van der Waals surface area (Å²) in [6.07, 6.45) is -0.984. The number of methoxy groups -OCH3 is 1. The highest BCUT2D eigenvalue weighted by molar-refractivity contribution is 7.19. The van der Waals surface area contributed by atoms with E-state index in [9.17, 15) is 28.1 Å². The van der Waals surface area contributed by atoms with E-state index in [4.69, 9.17) is 9.47 Å². The average Bonchev–Trinajstić information content (AvgIpc) is 3.28. The van der Waals surface area contributed by atoms with Crippen LogP contribution < -0.4 is 14.8 Å². The zero-order chi connectivity index (χ0) is 26.6. The van der Waals surface area contributed by atoms with Crippen molar-refractivity contribution in [2.24, 2.45) is 0 Å². The molecule has 4 aromatic rings. The van der Waals surface area contributed by atoms with Crippen LogP contribution in [0.5, 0.6) is 11.5 Å². The number of nitro benzene ring substituents is 1. The smallest absolute Gasteiger partial charge is 0.416 e. The Morgan fingerprint density at radius 2 is 1.92 bits per heavy atom. The molecule has 190 valence electrons. The molecule has 0 aliphatic carbocycles. The molecule has 0 saturated carbocycles. The van der Waals surface area contributed by atoms with Gasteiger partial charge < -0.3 is 14.8 Å². The van der Waals surface area contributed by atoms with Crippen molar-refractivity contribution in [3.05, 3.63) is 86.9 Å². The molecule has 3 aromatic carbocycles. The van der Waals surface area contributed by atoms with Crippen molar-refractivity contribution in [1.29, 1.82) is 0 Å². The van der Waals surface area contributed by atoms with Gasteiger partial charge in [-0.1, -0.05) is 18.2 Å². The summed E-state index contributed by atoms with van der Waals surface area (Å²) in [6.45, 7) is -0.445. The molecule has 0 radical (unpaired) electrons. The van der Waals surface area contributed by atoms with Crippen LogP contribution in [0.3, 0.4) is 0 Å². The number of nitro groups is 1. The molecule has 0 saturated heterocycles. The molecule has 4 rings (SSSR count). The summed E-state index contributed by atoms with van der Waals surface area (Å²) in [4.78, 5) is 27.1. The number of fused-ring (bicyclic) bond motifs is 1. The van der Waals surface area contributed by atoms with Crippen molar-refractivity contribution in [3.63, 3.8) is 0 Å². The highest BCUT2D eigenvalue weighted by atomic mass is 32.1. The minimum Gasteiger partial charge on any atom is -0.493 e. The highest BCUT2D eigenvalue weighted by Crippen LogP contribution is 2.32. The number of non-ortho nitro benzene ring substituents is 1. The summed E-state index contributed by atoms with van der Waals surface area (Å²) < 4.78 is 50.1. The lowest BCUT2D eigenvalue weighted by Gasteiger charge is -2.12. The van der Waals surface area contributed by atoms with E-state index in [-0.39, 0.29) is 17.1 Å². The molecule has 1 amide bonds. The summed E-state index contributed by atoms with van der Waals surface area (Å²) >= 11 is 1.31. The third-order valence-electron chi connectivity index (χ3n) is 5.04. The standard InChI is InChI=1S/C25H18F3N3O5S/c1-35-21-11-15(6-10-24-30-19-8-7-18(31(33)34)13-22(19)37-24)5-9-20(21)36-14-23(32)29-17-4-2-3-16(12-17)25(26,27)28/h2-13H,14H2,1H3,(H,29,32). The number of nitrogens with one attached hydrogen (secondary N) is 1. The van der Waals surface area contributed by atoms with Gasteiger partial charge in [0.1, 0.15) is 5.01 Å². The van der Waals surface area contributed by atoms with Gasteiger partial charge in [-0.05, 0) is 48.0 Å². The minimum atomic E-state index is -4.52. The molecule has 0 spiro atoms. The Balaban J connectivity index is 1.40. The van der Waals surface area contributed by atoms with Crippen LogP contribution in [-0.2, 0) is 11.0 Å². The van der Waals surface area contributed by atoms with Gasteiger partial charge in [-0.3, -0.25) is 14.9 Å². The van der Waals surface area contributed by atoms with E-state index in [1.165, 1.54) is 42.7 Å². The Bertz CT molecular complexity index is 1500. The fourth-order valence-electron chi connectivity index (χ4n) is 3.30. The average molecular weight is 529 g/mol. The first-order chi connectivity index (χ1) is 17.6. The molecule has 0 fully saturated rings. The number of thiazole rings is 1. The molecule has 37 heavy (non-hydrogen) atoms. The van der Waals surface area contributed by atoms with Crippen molar-refractivity contribution >= 4 is 51.0 Å². The SMILES string of the molecule is COc1cc(C=Cc2nc3ccc([N+](=O)[O-])cc3s2)ccc1OCC(=O)Nc1cccc(C(F)(F)F)c1. The minimum absolute atomic E-state index is 0.000303. The van der Waals surface area contributed by atoms with Crippen LogP contribution in [0.25, 0.3) is 22.4 Å². The van der Waals surface area contributed by atoms with Gasteiger partial charge in [-0.15, -0.1) is 11.3 Å². The maximum Gasteiger partial charge on any atom is 0.416 e. The van der Waals surface area contributed by atoms with Crippen LogP contribution in [0.4, 0.5) is 24.5 Å². The van der Waals surface area contributed by atoms with Gasteiger partial charge in [0.15, 0.2) is 18.1 Å². The summed E-state index contributed by atoms with van der Waals surface area (Å²) in [7, 11) is 1.43. The van der Waals surface area contributed by atoms with E-state index >= 15 is 0 Å². The molecular weight excluding hydrogens is 511 g/mol. The van der Waals surface area contributed by atoms with Crippen molar-refractivity contribution in [1.82, 2.24) is 4.98 Å². The maximum absolute atomic E-state index is 12.9. The molecule has 1 aromatic heterocycles. The summed E-state index contributed by atoms with van der Waals surface area (Å²) in [5.41, 5.74) is 0.516. The summed E-state index contributed by atoms with van der Waals surface area (Å²) in [5.74, 6) is -0.0264. The van der Waals surface area contributed by atoms with Crippen LogP contribution in [0, 0.1) is 10.1 Å². The lowest BCUT2D eigenvalue weighted by atomic mass is 10.2. The maximum atomic E-state index is 12.9. The van der Waals surface area contributed by atoms with Crippen molar-refractivity contribution in [3.8, 4) is 11.5 Å². The van der Waals surface area contributed by atoms with Gasteiger partial charge in [0.05, 0.1) is 27.8 Å². The normalized spacial score (nSPS) is 11.6. The second-order valence-corrected chi connectivity index (χ2v) is 8.68. The van der Waals surface area contributed by atoms with Crippen molar-refractivity contribution < 1.29 is 32.4 Å². The van der Waals surface area contributed by atoms with E-state index in [1.54, 1.807) is 36.4 Å². The molecule has 0 aliphatic heterocycles. The molecular formula is C25H18F3N3O5S. The van der Waals surface area contributed by atoms with Crippen molar-refractivity contribution in [2.45, 2.75) is 6.18 Å². The van der Waals surface area contributed by atoms with E-state index in [0.29, 0.717) is 21.0 Å². The van der Waals surface area contributed by atoms with Gasteiger partial charge in [0.25, 0.3) is 11.6 Å². The number of hydrogen-bond donors (Lipinski definition) is 1. The van der Waals surface area contributed by atoms with Gasteiger partial charge in [0.2, 0.25) is 0 Å². The van der Waals surface area contributed by atoms with Crippen molar-refractivity contribution in [2.75, 3.05) is 19.0 Å². The first-order valence-electron chi connectivity index (χ1n) is 10.6. The Morgan fingerprint density at radius 1 is 1.11 bits per heavy atom. The molecule has 1 heterocycles. The number of alkyl halides is 3. The number of hydrogen-bond acceptors (Lipinski definition) is 7. The van der Waals surface area contributed by atoms with Crippen LogP contribution in [0.15, 0.2) is 60.7 Å². The first kappa shape index (κ1) is 25.6. The first-order valence-corrected chi connectivity index (χ1v) is 11.4. The zero-order valence-corrected chi connectivity index (χ0v) is 19.9. The number of carbonyl (C=O) groups is 1. The predicted octanol–water partition coefficient (Wildman–Crippen LogP) is 6.42. The number of carbonyl (C=O) groups excluding carboxylic acids is 1. The van der Waals surface area contributed by atoms with Crippen LogP contribution in [0.2, 0.25) is 0 Å². The fourth-order valence-corrected chi connectivity index (χ4v) is 4.21. The number of halogens is 3. The number of nitrogens with zero attached hydrogens (tertiary/aromatic N) is 2. The molecule has 0 aliphatic rings. The molecule has 0 bridgehead atoms. The van der Waals surface area contributed by atoms with Crippen LogP contribution in [0.1, 0.15) is 16.1 Å². The number of ether oxygens (including phenoxy) is 2. The van der Waals surface area contributed by atoms with Gasteiger partial charge in [-0.2, -0.15) is 13.2 Å². The lowest BCUT2D eigenvalue weighted by molar-refractivity contribution is -0.384. The summed E-state index contributed by atoms with van der Waals surface area (Å²) in [5, 5.41) is 14.0. The summed E-state index contributed by atoms with van der Waals surface area (Å²) in [6, 6.07) is 13.8. The van der Waals surface area contributed by atoms with E-state index in [1.807, 2.05) is 0 Å². The second kappa shape index (κ2) is 10.7. The lowest BCUT2D eigenvalue weighted by Crippen LogP contribution is -2.20. The van der Waals surface area contributed by atoms with E-state index < -0.39 is 29.2 Å². The topological polar surface area (TPSA) is 104 Å². The van der Waals surface area contributed by atoms with Crippen LogP contribution in [-0.4, -0.2) is 29.5 Å². The molecule has 0 unspecified atom stereocenters. The predicted molar refractivity (Wildman–Crippen MR) is 134 cm³/mol. The number of rotatable bonds is 8. The van der Waals surface area contributed by atoms with E-state index in [2.05, 4.69) is 10.3 Å². The number of aromatic nitrogens is 1. The Kier molecular flexibility index (Phi) is 7.39. The molecule has 1 N–H and O–H groups in total. The highest BCUT2D eigenvalue weighted by Gasteiger charge is 2.30. The second-order valence-electron chi connectivity index (χ2n) is 7.62. The monoisotopic (exact) mass is 529 g/mol. The Morgan fingerprint density at radius 3 is 2.65 bits per heavy atom. The Hall–Kier alpha value is -4.45. The molecule has 8 nitrogen and oxygen atoms in total. The van der Waals surface area contributed by atoms with Gasteiger partial charge in [-0.25, -0.2) is 4.98 Å².